The van der Waals surface area contributed by atoms with Crippen molar-refractivity contribution in [2.75, 3.05) is 20.8 Å². The van der Waals surface area contributed by atoms with Crippen LogP contribution >= 0.6 is 0 Å². The number of nitrogens with one attached hydrogen (secondary N) is 2. The van der Waals surface area contributed by atoms with Gasteiger partial charge in [0, 0.05) is 25.2 Å². The molecule has 132 valence electrons. The number of aliphatic imine (C=N–C) groups is 1. The third kappa shape index (κ3) is 5.84. The van der Waals surface area contributed by atoms with Crippen LogP contribution in [0.4, 0.5) is 0 Å². The maximum Gasteiger partial charge on any atom is 0.213 e. The number of guanidine groups is 1. The lowest BCUT2D eigenvalue weighted by molar-refractivity contribution is 0.358. The first kappa shape index (κ1) is 18.3. The molecule has 0 saturated carbocycles. The van der Waals surface area contributed by atoms with Crippen molar-refractivity contribution in [3.63, 3.8) is 0 Å². The summed E-state index contributed by atoms with van der Waals surface area (Å²) in [5.74, 6) is 2.11. The normalized spacial score (nSPS) is 10.9. The number of nitrogens with zero attached hydrogens (tertiary/aromatic N) is 2. The van der Waals surface area contributed by atoms with Crippen LogP contribution in [-0.2, 0) is 13.1 Å². The standard InChI is InChI=1S/C19H24N4O2/c1-4-12-25-17-10-6-5-8-15(17)13-21-19(20-2)22-14-16-9-7-11-18(23-16)24-3/h4-11H,1,12-14H2,2-3H3,(H2,20,21,22). The molecule has 0 saturated heterocycles. The molecule has 0 bridgehead atoms. The molecule has 1 aromatic carbocycles. The van der Waals surface area contributed by atoms with Crippen molar-refractivity contribution >= 4 is 5.96 Å². The first-order chi connectivity index (χ1) is 12.3. The van der Waals surface area contributed by atoms with Crippen LogP contribution in [-0.4, -0.2) is 31.7 Å². The van der Waals surface area contributed by atoms with E-state index in [4.69, 9.17) is 9.47 Å². The number of aromatic nitrogens is 1. The molecule has 0 unspecified atom stereocenters. The van der Waals surface area contributed by atoms with Crippen molar-refractivity contribution in [3.8, 4) is 11.6 Å². The van der Waals surface area contributed by atoms with Gasteiger partial charge in [0.05, 0.1) is 19.3 Å². The Balaban J connectivity index is 1.91. The van der Waals surface area contributed by atoms with Gasteiger partial charge in [0.15, 0.2) is 5.96 Å². The third-order valence-electron chi connectivity index (χ3n) is 3.43. The second-order valence-corrected chi connectivity index (χ2v) is 5.16. The van der Waals surface area contributed by atoms with E-state index in [-0.39, 0.29) is 0 Å². The second kappa shape index (κ2) is 9.97. The first-order valence-electron chi connectivity index (χ1n) is 8.03. The fourth-order valence-electron chi connectivity index (χ4n) is 2.18. The van der Waals surface area contributed by atoms with Crippen molar-refractivity contribution < 1.29 is 9.47 Å². The zero-order valence-electron chi connectivity index (χ0n) is 14.7. The van der Waals surface area contributed by atoms with Gasteiger partial charge in [0.1, 0.15) is 12.4 Å². The van der Waals surface area contributed by atoms with Gasteiger partial charge in [-0.05, 0) is 12.1 Å². The Kier molecular flexibility index (Phi) is 7.31. The molecule has 0 atom stereocenters. The number of rotatable bonds is 8. The molecule has 25 heavy (non-hydrogen) atoms. The van der Waals surface area contributed by atoms with Crippen molar-refractivity contribution in [2.45, 2.75) is 13.1 Å². The van der Waals surface area contributed by atoms with Gasteiger partial charge >= 0.3 is 0 Å². The monoisotopic (exact) mass is 340 g/mol. The van der Waals surface area contributed by atoms with Crippen LogP contribution < -0.4 is 20.1 Å². The molecule has 2 rings (SSSR count). The zero-order chi connectivity index (χ0) is 17.9. The van der Waals surface area contributed by atoms with Gasteiger partial charge in [-0.3, -0.25) is 4.99 Å². The van der Waals surface area contributed by atoms with E-state index in [1.807, 2.05) is 42.5 Å². The number of para-hydroxylation sites is 1. The summed E-state index contributed by atoms with van der Waals surface area (Å²) in [5.41, 5.74) is 1.92. The summed E-state index contributed by atoms with van der Waals surface area (Å²) >= 11 is 0. The molecule has 2 aromatic rings. The summed E-state index contributed by atoms with van der Waals surface area (Å²) < 4.78 is 10.8. The topological polar surface area (TPSA) is 67.8 Å². The quantitative estimate of drug-likeness (QED) is 0.439. The number of methoxy groups -OCH3 is 1. The Hall–Kier alpha value is -3.02. The Morgan fingerprint density at radius 1 is 1.16 bits per heavy atom. The predicted octanol–water partition coefficient (Wildman–Crippen LogP) is 2.52. The number of hydrogen-bond acceptors (Lipinski definition) is 4. The molecular weight excluding hydrogens is 316 g/mol. The van der Waals surface area contributed by atoms with Gasteiger partial charge in [-0.15, -0.1) is 0 Å². The van der Waals surface area contributed by atoms with Crippen LogP contribution in [0.25, 0.3) is 0 Å². The second-order valence-electron chi connectivity index (χ2n) is 5.16. The van der Waals surface area contributed by atoms with Gasteiger partial charge in [0.2, 0.25) is 5.88 Å². The Morgan fingerprint density at radius 2 is 1.96 bits per heavy atom. The average molecular weight is 340 g/mol. The third-order valence-corrected chi connectivity index (χ3v) is 3.43. The Bertz CT molecular complexity index is 716. The van der Waals surface area contributed by atoms with Crippen molar-refractivity contribution in [3.05, 3.63) is 66.4 Å². The molecular formula is C19H24N4O2. The highest BCUT2D eigenvalue weighted by atomic mass is 16.5. The highest BCUT2D eigenvalue weighted by Crippen LogP contribution is 2.17. The molecule has 0 amide bonds. The fraction of sp³-hybridized carbons (Fsp3) is 0.263. The average Bonchev–Trinajstić information content (AvgIpc) is 2.67. The zero-order valence-corrected chi connectivity index (χ0v) is 14.7. The van der Waals surface area contributed by atoms with Gasteiger partial charge < -0.3 is 20.1 Å². The van der Waals surface area contributed by atoms with Gasteiger partial charge in [-0.1, -0.05) is 36.9 Å². The molecule has 6 nitrogen and oxygen atoms in total. The fourth-order valence-corrected chi connectivity index (χ4v) is 2.18. The van der Waals surface area contributed by atoms with Crippen molar-refractivity contribution in [1.29, 1.82) is 0 Å². The number of ether oxygens (including phenoxy) is 2. The molecule has 0 radical (unpaired) electrons. The Morgan fingerprint density at radius 3 is 2.72 bits per heavy atom. The highest BCUT2D eigenvalue weighted by Gasteiger charge is 2.05. The van der Waals surface area contributed by atoms with E-state index in [9.17, 15) is 0 Å². The van der Waals surface area contributed by atoms with Gasteiger partial charge in [-0.25, -0.2) is 4.98 Å². The lowest BCUT2D eigenvalue weighted by Crippen LogP contribution is -2.36. The van der Waals surface area contributed by atoms with E-state index < -0.39 is 0 Å². The SMILES string of the molecule is C=CCOc1ccccc1CNC(=NC)NCc1cccc(OC)n1. The van der Waals surface area contributed by atoms with Crippen LogP contribution in [0, 0.1) is 0 Å². The van der Waals surface area contributed by atoms with Crippen LogP contribution in [0.2, 0.25) is 0 Å². The maximum atomic E-state index is 5.66. The van der Waals surface area contributed by atoms with Crippen LogP contribution in [0.5, 0.6) is 11.6 Å². The van der Waals surface area contributed by atoms with Crippen LogP contribution in [0.3, 0.4) is 0 Å². The summed E-state index contributed by atoms with van der Waals surface area (Å²) in [7, 11) is 3.33. The summed E-state index contributed by atoms with van der Waals surface area (Å²) in [5, 5.41) is 6.51. The number of benzene rings is 1. The van der Waals surface area contributed by atoms with Gasteiger partial charge in [0.25, 0.3) is 0 Å². The summed E-state index contributed by atoms with van der Waals surface area (Å²) in [6, 6.07) is 13.5. The smallest absolute Gasteiger partial charge is 0.213 e. The molecule has 1 aromatic heterocycles. The Labute approximate surface area is 148 Å². The van der Waals surface area contributed by atoms with Crippen molar-refractivity contribution in [1.82, 2.24) is 15.6 Å². The van der Waals surface area contributed by atoms with Crippen LogP contribution in [0.15, 0.2) is 60.1 Å². The summed E-state index contributed by atoms with van der Waals surface area (Å²) in [6.45, 7) is 5.29. The first-order valence-corrected chi connectivity index (χ1v) is 8.03. The lowest BCUT2D eigenvalue weighted by Gasteiger charge is -2.14. The molecule has 0 aliphatic carbocycles. The van der Waals surface area contributed by atoms with E-state index in [1.165, 1.54) is 0 Å². The van der Waals surface area contributed by atoms with E-state index in [1.54, 1.807) is 20.2 Å². The molecule has 2 N–H and O–H groups in total. The molecule has 6 heteroatoms. The van der Waals surface area contributed by atoms with Gasteiger partial charge in [-0.2, -0.15) is 0 Å². The molecule has 0 spiro atoms. The molecule has 0 aliphatic heterocycles. The van der Waals surface area contributed by atoms with E-state index >= 15 is 0 Å². The number of pyridine rings is 1. The largest absolute Gasteiger partial charge is 0.489 e. The maximum absolute atomic E-state index is 5.66. The summed E-state index contributed by atoms with van der Waals surface area (Å²) in [6.07, 6.45) is 1.73. The molecule has 0 aliphatic rings. The minimum Gasteiger partial charge on any atom is -0.489 e. The summed E-state index contributed by atoms with van der Waals surface area (Å²) in [4.78, 5) is 8.60. The van der Waals surface area contributed by atoms with E-state index in [0.29, 0.717) is 31.5 Å². The molecule has 1 heterocycles. The minimum atomic E-state index is 0.478. The van der Waals surface area contributed by atoms with Crippen LogP contribution in [0.1, 0.15) is 11.3 Å². The van der Waals surface area contributed by atoms with E-state index in [0.717, 1.165) is 17.0 Å². The number of hydrogen-bond donors (Lipinski definition) is 2. The van der Waals surface area contributed by atoms with E-state index in [2.05, 4.69) is 27.2 Å². The van der Waals surface area contributed by atoms with Crippen molar-refractivity contribution in [2.24, 2.45) is 4.99 Å². The lowest BCUT2D eigenvalue weighted by atomic mass is 10.2. The predicted molar refractivity (Wildman–Crippen MR) is 100.0 cm³/mol. The highest BCUT2D eigenvalue weighted by molar-refractivity contribution is 5.79. The minimum absolute atomic E-state index is 0.478. The molecule has 0 fully saturated rings.